The summed E-state index contributed by atoms with van der Waals surface area (Å²) in [5.74, 6) is 0. The minimum absolute atomic E-state index is 0.138. The van der Waals surface area contributed by atoms with Crippen molar-refractivity contribution in [1.82, 2.24) is 10.6 Å². The third kappa shape index (κ3) is 11.1. The Balaban J connectivity index is 3.32. The summed E-state index contributed by atoms with van der Waals surface area (Å²) >= 11 is 0. The summed E-state index contributed by atoms with van der Waals surface area (Å²) in [6, 6.07) is 0. The summed E-state index contributed by atoms with van der Waals surface area (Å²) in [5, 5.41) is 14.2. The highest BCUT2D eigenvalue weighted by atomic mass is 16.6. The molecule has 0 saturated heterocycles. The summed E-state index contributed by atoms with van der Waals surface area (Å²) in [6.45, 7) is 7.57. The summed E-state index contributed by atoms with van der Waals surface area (Å²) < 4.78 is 5.05. The smallest absolute Gasteiger partial charge is 0.407 e. The maximum absolute atomic E-state index is 11.2. The zero-order valence-corrected chi connectivity index (χ0v) is 9.80. The van der Waals surface area contributed by atoms with Gasteiger partial charge in [-0.3, -0.25) is 0 Å². The van der Waals surface area contributed by atoms with Crippen molar-refractivity contribution in [2.75, 3.05) is 26.2 Å². The Hall–Kier alpha value is -0.810. The highest BCUT2D eigenvalue weighted by Gasteiger charge is 2.15. The summed E-state index contributed by atoms with van der Waals surface area (Å²) in [7, 11) is 0. The van der Waals surface area contributed by atoms with Crippen LogP contribution >= 0.6 is 0 Å². The fraction of sp³-hybridized carbons (Fsp3) is 0.900. The number of carbonyl (C=O) groups is 1. The van der Waals surface area contributed by atoms with E-state index in [-0.39, 0.29) is 12.7 Å². The molecule has 0 aromatic carbocycles. The third-order valence-corrected chi connectivity index (χ3v) is 1.49. The minimum Gasteiger partial charge on any atom is -0.444 e. The van der Waals surface area contributed by atoms with Crippen molar-refractivity contribution >= 4 is 6.09 Å². The number of hydrogen-bond donors (Lipinski definition) is 3. The lowest BCUT2D eigenvalue weighted by Gasteiger charge is -2.19. The summed E-state index contributed by atoms with van der Waals surface area (Å²) in [4.78, 5) is 11.2. The third-order valence-electron chi connectivity index (χ3n) is 1.49. The number of rotatable bonds is 6. The SMILES string of the molecule is CC(C)(C)OC(=O)NCCCNCCO. The number of aliphatic hydroxyl groups excluding tert-OH is 1. The van der Waals surface area contributed by atoms with Gasteiger partial charge in [-0.2, -0.15) is 0 Å². The number of amides is 1. The first kappa shape index (κ1) is 14.2. The van der Waals surface area contributed by atoms with Gasteiger partial charge >= 0.3 is 6.09 Å². The average molecular weight is 218 g/mol. The van der Waals surface area contributed by atoms with Crippen LogP contribution in [-0.2, 0) is 4.74 Å². The van der Waals surface area contributed by atoms with Gasteiger partial charge in [0.1, 0.15) is 5.60 Å². The van der Waals surface area contributed by atoms with Crippen LogP contribution in [0.2, 0.25) is 0 Å². The Bertz CT molecular complexity index is 178. The van der Waals surface area contributed by atoms with Gasteiger partial charge in [0.2, 0.25) is 0 Å². The van der Waals surface area contributed by atoms with Crippen LogP contribution in [0.15, 0.2) is 0 Å². The molecule has 1 amide bonds. The second-order valence-electron chi connectivity index (χ2n) is 4.26. The average Bonchev–Trinajstić information content (AvgIpc) is 2.08. The van der Waals surface area contributed by atoms with Crippen molar-refractivity contribution < 1.29 is 14.6 Å². The quantitative estimate of drug-likeness (QED) is 0.567. The normalized spacial score (nSPS) is 11.2. The second kappa shape index (κ2) is 7.48. The Morgan fingerprint density at radius 1 is 1.27 bits per heavy atom. The second-order valence-corrected chi connectivity index (χ2v) is 4.26. The van der Waals surface area contributed by atoms with Crippen molar-refractivity contribution in [3.63, 3.8) is 0 Å². The van der Waals surface area contributed by atoms with Gasteiger partial charge in [0.15, 0.2) is 0 Å². The van der Waals surface area contributed by atoms with Crippen molar-refractivity contribution in [3.8, 4) is 0 Å². The molecule has 0 aliphatic rings. The standard InChI is InChI=1S/C10H22N2O3/c1-10(2,3)15-9(14)12-6-4-5-11-7-8-13/h11,13H,4-8H2,1-3H3,(H,12,14). The van der Waals surface area contributed by atoms with E-state index >= 15 is 0 Å². The number of nitrogens with one attached hydrogen (secondary N) is 2. The lowest BCUT2D eigenvalue weighted by molar-refractivity contribution is 0.0527. The molecule has 0 radical (unpaired) electrons. The largest absolute Gasteiger partial charge is 0.444 e. The van der Waals surface area contributed by atoms with Crippen molar-refractivity contribution in [2.45, 2.75) is 32.8 Å². The number of hydrogen-bond acceptors (Lipinski definition) is 4. The van der Waals surface area contributed by atoms with Gasteiger partial charge < -0.3 is 20.5 Å². The van der Waals surface area contributed by atoms with Crippen LogP contribution in [0.4, 0.5) is 4.79 Å². The number of alkyl carbamates (subject to hydrolysis) is 1. The lowest BCUT2D eigenvalue weighted by Crippen LogP contribution is -2.34. The summed E-state index contributed by atoms with van der Waals surface area (Å²) in [5.41, 5.74) is -0.445. The van der Waals surface area contributed by atoms with Crippen LogP contribution in [0.5, 0.6) is 0 Å². The predicted octanol–water partition coefficient (Wildman–Crippen LogP) is 0.483. The summed E-state index contributed by atoms with van der Waals surface area (Å²) in [6.07, 6.45) is 0.434. The van der Waals surface area contributed by atoms with E-state index in [1.54, 1.807) is 0 Å². The Labute approximate surface area is 91.2 Å². The molecule has 15 heavy (non-hydrogen) atoms. The molecular weight excluding hydrogens is 196 g/mol. The van der Waals surface area contributed by atoms with E-state index in [0.717, 1.165) is 13.0 Å². The minimum atomic E-state index is -0.445. The van der Waals surface area contributed by atoms with Gasteiger partial charge in [0.05, 0.1) is 6.61 Å². The molecule has 0 fully saturated rings. The molecule has 0 heterocycles. The molecule has 0 unspecified atom stereocenters. The predicted molar refractivity (Wildman–Crippen MR) is 58.8 cm³/mol. The van der Waals surface area contributed by atoms with E-state index in [1.807, 2.05) is 20.8 Å². The van der Waals surface area contributed by atoms with E-state index in [4.69, 9.17) is 9.84 Å². The van der Waals surface area contributed by atoms with Gasteiger partial charge in [-0.1, -0.05) is 0 Å². The molecule has 90 valence electrons. The van der Waals surface area contributed by atoms with Crippen LogP contribution in [0.1, 0.15) is 27.2 Å². The molecule has 0 aliphatic heterocycles. The van der Waals surface area contributed by atoms with Crippen LogP contribution in [0.25, 0.3) is 0 Å². The van der Waals surface area contributed by atoms with E-state index in [2.05, 4.69) is 10.6 Å². The molecule has 0 aromatic heterocycles. The lowest BCUT2D eigenvalue weighted by atomic mass is 10.2. The monoisotopic (exact) mass is 218 g/mol. The van der Waals surface area contributed by atoms with Gasteiger partial charge in [0, 0.05) is 13.1 Å². The van der Waals surface area contributed by atoms with Crippen LogP contribution in [-0.4, -0.2) is 43.0 Å². The van der Waals surface area contributed by atoms with E-state index < -0.39 is 5.60 Å². The Morgan fingerprint density at radius 3 is 2.47 bits per heavy atom. The van der Waals surface area contributed by atoms with Crippen molar-refractivity contribution in [2.24, 2.45) is 0 Å². The van der Waals surface area contributed by atoms with Crippen molar-refractivity contribution in [3.05, 3.63) is 0 Å². The number of aliphatic hydroxyl groups is 1. The molecule has 0 atom stereocenters. The molecule has 5 nitrogen and oxygen atoms in total. The van der Waals surface area contributed by atoms with E-state index in [0.29, 0.717) is 13.1 Å². The van der Waals surface area contributed by atoms with Crippen molar-refractivity contribution in [1.29, 1.82) is 0 Å². The topological polar surface area (TPSA) is 70.6 Å². The van der Waals surface area contributed by atoms with E-state index in [9.17, 15) is 4.79 Å². The van der Waals surface area contributed by atoms with Crippen LogP contribution in [0.3, 0.4) is 0 Å². The fourth-order valence-corrected chi connectivity index (χ4v) is 0.922. The Morgan fingerprint density at radius 2 is 1.93 bits per heavy atom. The molecule has 0 bridgehead atoms. The van der Waals surface area contributed by atoms with Gasteiger partial charge in [-0.05, 0) is 33.7 Å². The van der Waals surface area contributed by atoms with Gasteiger partial charge in [0.25, 0.3) is 0 Å². The van der Waals surface area contributed by atoms with Crippen LogP contribution < -0.4 is 10.6 Å². The molecule has 0 spiro atoms. The first-order chi connectivity index (χ1) is 6.95. The number of ether oxygens (including phenoxy) is 1. The molecule has 3 N–H and O–H groups in total. The van der Waals surface area contributed by atoms with E-state index in [1.165, 1.54) is 0 Å². The van der Waals surface area contributed by atoms with Gasteiger partial charge in [-0.15, -0.1) is 0 Å². The molecule has 0 saturated carbocycles. The molecule has 0 rings (SSSR count). The maximum Gasteiger partial charge on any atom is 0.407 e. The molecule has 5 heteroatoms. The highest BCUT2D eigenvalue weighted by molar-refractivity contribution is 5.67. The molecular formula is C10H22N2O3. The Kier molecular flexibility index (Phi) is 7.07. The molecule has 0 aliphatic carbocycles. The first-order valence-electron chi connectivity index (χ1n) is 5.24. The zero-order valence-electron chi connectivity index (χ0n) is 9.80. The number of carbonyl (C=O) groups excluding carboxylic acids is 1. The highest BCUT2D eigenvalue weighted by Crippen LogP contribution is 2.06. The maximum atomic E-state index is 11.2. The van der Waals surface area contributed by atoms with Gasteiger partial charge in [-0.25, -0.2) is 4.79 Å². The van der Waals surface area contributed by atoms with Crippen LogP contribution in [0, 0.1) is 0 Å². The fourth-order valence-electron chi connectivity index (χ4n) is 0.922. The first-order valence-corrected chi connectivity index (χ1v) is 5.24. The molecule has 0 aromatic rings. The zero-order chi connectivity index (χ0) is 11.7.